The molecule has 1 fully saturated rings. The van der Waals surface area contributed by atoms with Gasteiger partial charge in [-0.15, -0.1) is 0 Å². The number of piperidine rings is 1. The topological polar surface area (TPSA) is 47.0 Å². The Labute approximate surface area is 96.4 Å². The van der Waals surface area contributed by atoms with Crippen LogP contribution in [-0.2, 0) is 11.3 Å². The third-order valence-electron chi connectivity index (χ3n) is 2.92. The molecular weight excluding hydrogens is 202 g/mol. The van der Waals surface area contributed by atoms with Crippen molar-refractivity contribution >= 4 is 0 Å². The van der Waals surface area contributed by atoms with Crippen LogP contribution < -0.4 is 5.32 Å². The molecule has 88 valence electrons. The molecule has 0 radical (unpaired) electrons. The zero-order valence-corrected chi connectivity index (χ0v) is 9.56. The first-order valence-corrected chi connectivity index (χ1v) is 5.99. The molecule has 1 aromatic rings. The van der Waals surface area contributed by atoms with Crippen LogP contribution in [0.5, 0.6) is 0 Å². The Balaban J connectivity index is 1.58. The fourth-order valence-corrected chi connectivity index (χ4v) is 1.99. The van der Waals surface area contributed by atoms with Crippen LogP contribution in [0.3, 0.4) is 0 Å². The Morgan fingerprint density at radius 1 is 1.38 bits per heavy atom. The lowest BCUT2D eigenvalue weighted by atomic mass is 9.97. The van der Waals surface area contributed by atoms with Crippen LogP contribution in [0.1, 0.15) is 25.1 Å². The van der Waals surface area contributed by atoms with Crippen molar-refractivity contribution in [3.05, 3.63) is 24.3 Å². The molecule has 1 atom stereocenters. The van der Waals surface area contributed by atoms with E-state index < -0.39 is 0 Å². The van der Waals surface area contributed by atoms with Gasteiger partial charge in [-0.05, 0) is 44.3 Å². The van der Waals surface area contributed by atoms with Gasteiger partial charge in [0, 0.05) is 19.0 Å². The first-order valence-electron chi connectivity index (χ1n) is 5.99. The van der Waals surface area contributed by atoms with Crippen molar-refractivity contribution in [1.29, 1.82) is 0 Å². The molecule has 0 saturated carbocycles. The third-order valence-corrected chi connectivity index (χ3v) is 2.92. The van der Waals surface area contributed by atoms with Gasteiger partial charge in [0.1, 0.15) is 6.61 Å². The molecule has 1 N–H and O–H groups in total. The van der Waals surface area contributed by atoms with E-state index in [4.69, 9.17) is 4.74 Å². The van der Waals surface area contributed by atoms with Gasteiger partial charge in [-0.25, -0.2) is 9.97 Å². The number of hydrogen-bond acceptors (Lipinski definition) is 4. The molecule has 1 aliphatic heterocycles. The zero-order chi connectivity index (χ0) is 11.1. The summed E-state index contributed by atoms with van der Waals surface area (Å²) in [6.45, 7) is 3.66. The van der Waals surface area contributed by atoms with Crippen LogP contribution in [0.15, 0.2) is 18.5 Å². The van der Waals surface area contributed by atoms with Crippen molar-refractivity contribution in [2.75, 3.05) is 19.7 Å². The Morgan fingerprint density at radius 3 is 3.00 bits per heavy atom. The molecule has 2 rings (SSSR count). The van der Waals surface area contributed by atoms with E-state index in [1.54, 1.807) is 12.4 Å². The molecule has 0 bridgehead atoms. The lowest BCUT2D eigenvalue weighted by Crippen LogP contribution is -2.30. The number of aromatic nitrogens is 2. The molecule has 0 aromatic carbocycles. The molecule has 1 aromatic heterocycles. The Morgan fingerprint density at radius 2 is 2.25 bits per heavy atom. The van der Waals surface area contributed by atoms with E-state index in [9.17, 15) is 0 Å². The molecule has 0 aliphatic carbocycles. The summed E-state index contributed by atoms with van der Waals surface area (Å²) in [7, 11) is 0. The first-order chi connectivity index (χ1) is 7.95. The fraction of sp³-hybridized carbons (Fsp3) is 0.667. The van der Waals surface area contributed by atoms with Gasteiger partial charge in [0.25, 0.3) is 0 Å². The van der Waals surface area contributed by atoms with E-state index in [0.717, 1.165) is 31.3 Å². The smallest absolute Gasteiger partial charge is 0.153 e. The van der Waals surface area contributed by atoms with E-state index in [1.807, 2.05) is 6.07 Å². The largest absolute Gasteiger partial charge is 0.373 e. The van der Waals surface area contributed by atoms with Crippen molar-refractivity contribution in [3.63, 3.8) is 0 Å². The van der Waals surface area contributed by atoms with Gasteiger partial charge in [0.05, 0.1) is 0 Å². The van der Waals surface area contributed by atoms with Gasteiger partial charge in [0.15, 0.2) is 5.82 Å². The van der Waals surface area contributed by atoms with E-state index in [-0.39, 0.29) is 0 Å². The van der Waals surface area contributed by atoms with E-state index in [1.165, 1.54) is 19.4 Å². The van der Waals surface area contributed by atoms with Crippen molar-refractivity contribution in [2.45, 2.75) is 25.9 Å². The minimum Gasteiger partial charge on any atom is -0.373 e. The maximum absolute atomic E-state index is 5.57. The molecule has 1 aliphatic rings. The Bertz CT molecular complexity index is 286. The summed E-state index contributed by atoms with van der Waals surface area (Å²) < 4.78 is 5.57. The Kier molecular flexibility index (Phi) is 4.70. The number of ether oxygens (including phenoxy) is 1. The summed E-state index contributed by atoms with van der Waals surface area (Å²) in [5, 5.41) is 3.41. The molecule has 1 unspecified atom stereocenters. The standard InChI is InChI=1S/C12H19N3O/c1-3-11(9-13-5-1)4-8-16-10-12-14-6-2-7-15-12/h2,6-7,11,13H,1,3-5,8-10H2. The van der Waals surface area contributed by atoms with Crippen LogP contribution in [0.2, 0.25) is 0 Å². The number of nitrogens with zero attached hydrogens (tertiary/aromatic N) is 2. The number of rotatable bonds is 5. The second kappa shape index (κ2) is 6.55. The van der Waals surface area contributed by atoms with Crippen LogP contribution in [0.4, 0.5) is 0 Å². The minimum atomic E-state index is 0.529. The molecule has 0 amide bonds. The summed E-state index contributed by atoms with van der Waals surface area (Å²) in [5.41, 5.74) is 0. The van der Waals surface area contributed by atoms with Gasteiger partial charge in [-0.1, -0.05) is 0 Å². The van der Waals surface area contributed by atoms with E-state index in [2.05, 4.69) is 15.3 Å². The molecule has 1 saturated heterocycles. The average molecular weight is 221 g/mol. The molecule has 2 heterocycles. The van der Waals surface area contributed by atoms with Gasteiger partial charge in [-0.3, -0.25) is 0 Å². The Hall–Kier alpha value is -1.00. The van der Waals surface area contributed by atoms with Gasteiger partial charge in [0.2, 0.25) is 0 Å². The summed E-state index contributed by atoms with van der Waals surface area (Å²) in [4.78, 5) is 8.23. The second-order valence-electron chi connectivity index (χ2n) is 4.22. The van der Waals surface area contributed by atoms with E-state index >= 15 is 0 Å². The summed E-state index contributed by atoms with van der Waals surface area (Å²) in [6.07, 6.45) is 7.26. The predicted octanol–water partition coefficient (Wildman–Crippen LogP) is 1.38. The highest BCUT2D eigenvalue weighted by atomic mass is 16.5. The van der Waals surface area contributed by atoms with Crippen LogP contribution in [0, 0.1) is 5.92 Å². The third kappa shape index (κ3) is 3.87. The normalized spacial score (nSPS) is 20.9. The summed E-state index contributed by atoms with van der Waals surface area (Å²) in [6, 6.07) is 1.82. The van der Waals surface area contributed by atoms with Crippen molar-refractivity contribution in [2.24, 2.45) is 5.92 Å². The van der Waals surface area contributed by atoms with Gasteiger partial charge in [-0.2, -0.15) is 0 Å². The van der Waals surface area contributed by atoms with Crippen molar-refractivity contribution in [3.8, 4) is 0 Å². The molecule has 4 heteroatoms. The number of hydrogen-bond donors (Lipinski definition) is 1. The highest BCUT2D eigenvalue weighted by molar-refractivity contribution is 4.86. The molecule has 16 heavy (non-hydrogen) atoms. The van der Waals surface area contributed by atoms with Gasteiger partial charge < -0.3 is 10.1 Å². The highest BCUT2D eigenvalue weighted by Crippen LogP contribution is 2.13. The summed E-state index contributed by atoms with van der Waals surface area (Å²) >= 11 is 0. The number of nitrogens with one attached hydrogen (secondary N) is 1. The monoisotopic (exact) mass is 221 g/mol. The highest BCUT2D eigenvalue weighted by Gasteiger charge is 2.12. The minimum absolute atomic E-state index is 0.529. The quantitative estimate of drug-likeness (QED) is 0.763. The van der Waals surface area contributed by atoms with Crippen LogP contribution >= 0.6 is 0 Å². The van der Waals surface area contributed by atoms with Crippen LogP contribution in [-0.4, -0.2) is 29.7 Å². The lowest BCUT2D eigenvalue weighted by Gasteiger charge is -2.22. The van der Waals surface area contributed by atoms with Crippen molar-refractivity contribution in [1.82, 2.24) is 15.3 Å². The predicted molar refractivity (Wildman–Crippen MR) is 61.9 cm³/mol. The summed E-state index contributed by atoms with van der Waals surface area (Å²) in [5.74, 6) is 1.55. The first kappa shape index (κ1) is 11.5. The van der Waals surface area contributed by atoms with Crippen LogP contribution in [0.25, 0.3) is 0 Å². The maximum atomic E-state index is 5.57. The molecule has 0 spiro atoms. The van der Waals surface area contributed by atoms with Crippen molar-refractivity contribution < 1.29 is 4.74 Å². The lowest BCUT2D eigenvalue weighted by molar-refractivity contribution is 0.0986. The zero-order valence-electron chi connectivity index (χ0n) is 9.56. The van der Waals surface area contributed by atoms with E-state index in [0.29, 0.717) is 6.61 Å². The molecular formula is C12H19N3O. The average Bonchev–Trinajstić information content (AvgIpc) is 2.37. The second-order valence-corrected chi connectivity index (χ2v) is 4.22. The SMILES string of the molecule is c1cnc(COCCC2CCCNC2)nc1. The van der Waals surface area contributed by atoms with Gasteiger partial charge >= 0.3 is 0 Å². The fourth-order valence-electron chi connectivity index (χ4n) is 1.99. The maximum Gasteiger partial charge on any atom is 0.153 e. The molecule has 4 nitrogen and oxygen atoms in total.